The van der Waals surface area contributed by atoms with E-state index in [0.717, 1.165) is 16.7 Å². The van der Waals surface area contributed by atoms with E-state index >= 15 is 0 Å². The lowest BCUT2D eigenvalue weighted by Crippen LogP contribution is -2.22. The number of aromatic nitrogens is 3. The molecule has 3 aromatic rings. The van der Waals surface area contributed by atoms with Crippen molar-refractivity contribution in [2.45, 2.75) is 6.54 Å². The lowest BCUT2D eigenvalue weighted by molar-refractivity contribution is 0.831. The van der Waals surface area contributed by atoms with Crippen LogP contribution in [0.15, 0.2) is 53.6 Å². The van der Waals surface area contributed by atoms with Crippen LogP contribution < -0.4 is 11.3 Å². The Morgan fingerprint density at radius 1 is 1.17 bits per heavy atom. The molecule has 0 aliphatic rings. The third-order valence-electron chi connectivity index (χ3n) is 3.64. The molecular weight excluding hydrogens is 312 g/mol. The zero-order chi connectivity index (χ0) is 16.4. The molecule has 6 heteroatoms. The number of hydrogen-bond donors (Lipinski definition) is 1. The van der Waals surface area contributed by atoms with Crippen molar-refractivity contribution in [1.29, 1.82) is 0 Å². The first kappa shape index (κ1) is 15.4. The maximum absolute atomic E-state index is 12.8. The summed E-state index contributed by atoms with van der Waals surface area (Å²) in [6.45, 7) is 0.403. The lowest BCUT2D eigenvalue weighted by atomic mass is 9.99. The molecular formula is C17H15ClN4O. The van der Waals surface area contributed by atoms with Gasteiger partial charge in [0.1, 0.15) is 0 Å². The van der Waals surface area contributed by atoms with Crippen molar-refractivity contribution >= 4 is 11.6 Å². The molecule has 0 atom stereocenters. The molecule has 1 aromatic carbocycles. The van der Waals surface area contributed by atoms with Crippen molar-refractivity contribution in [2.24, 2.45) is 12.8 Å². The number of hydrogen-bond acceptors (Lipinski definition) is 4. The highest BCUT2D eigenvalue weighted by molar-refractivity contribution is 6.28. The van der Waals surface area contributed by atoms with Gasteiger partial charge in [0.2, 0.25) is 5.28 Å². The lowest BCUT2D eigenvalue weighted by Gasteiger charge is -2.12. The third kappa shape index (κ3) is 2.88. The second kappa shape index (κ2) is 6.32. The molecule has 116 valence electrons. The maximum Gasteiger partial charge on any atom is 0.262 e. The molecule has 0 saturated carbocycles. The molecule has 2 aromatic heterocycles. The van der Waals surface area contributed by atoms with Gasteiger partial charge < -0.3 is 5.73 Å². The molecule has 0 fully saturated rings. The van der Waals surface area contributed by atoms with Gasteiger partial charge in [-0.2, -0.15) is 0 Å². The normalized spacial score (nSPS) is 10.7. The average molecular weight is 327 g/mol. The van der Waals surface area contributed by atoms with Gasteiger partial charge in [-0.25, -0.2) is 4.98 Å². The number of pyridine rings is 1. The summed E-state index contributed by atoms with van der Waals surface area (Å²) < 4.78 is 1.33. The molecule has 2 heterocycles. The van der Waals surface area contributed by atoms with E-state index in [1.165, 1.54) is 4.57 Å². The van der Waals surface area contributed by atoms with E-state index in [9.17, 15) is 4.79 Å². The van der Waals surface area contributed by atoms with E-state index in [1.807, 2.05) is 24.3 Å². The zero-order valence-electron chi connectivity index (χ0n) is 12.5. The fraction of sp³-hybridized carbons (Fsp3) is 0.118. The third-order valence-corrected chi connectivity index (χ3v) is 3.98. The molecule has 0 saturated heterocycles. The summed E-state index contributed by atoms with van der Waals surface area (Å²) >= 11 is 6.10. The number of nitrogens with two attached hydrogens (primary N) is 1. The summed E-state index contributed by atoms with van der Waals surface area (Å²) in [5, 5.41) is 0.139. The van der Waals surface area contributed by atoms with Crippen LogP contribution in [0.1, 0.15) is 5.56 Å². The van der Waals surface area contributed by atoms with Gasteiger partial charge in [-0.05, 0) is 40.9 Å². The SMILES string of the molecule is Cn1c(Cl)nc(-c2ccncc2)c(-c2cccc(CN)c2)c1=O. The fourth-order valence-electron chi connectivity index (χ4n) is 2.41. The van der Waals surface area contributed by atoms with Crippen molar-refractivity contribution < 1.29 is 0 Å². The molecule has 0 amide bonds. The molecule has 3 rings (SSSR count). The topological polar surface area (TPSA) is 73.8 Å². The van der Waals surface area contributed by atoms with E-state index in [-0.39, 0.29) is 10.8 Å². The second-order valence-corrected chi connectivity index (χ2v) is 5.45. The molecule has 2 N–H and O–H groups in total. The van der Waals surface area contributed by atoms with Crippen LogP contribution in [-0.2, 0) is 13.6 Å². The summed E-state index contributed by atoms with van der Waals surface area (Å²) in [7, 11) is 1.60. The fourth-order valence-corrected chi connectivity index (χ4v) is 2.57. The van der Waals surface area contributed by atoms with Gasteiger partial charge in [-0.3, -0.25) is 14.3 Å². The Bertz CT molecular complexity index is 906. The summed E-state index contributed by atoms with van der Waals surface area (Å²) in [6.07, 6.45) is 3.31. The maximum atomic E-state index is 12.8. The molecule has 0 unspecified atom stereocenters. The first-order chi connectivity index (χ1) is 11.1. The van der Waals surface area contributed by atoms with Crippen LogP contribution in [-0.4, -0.2) is 14.5 Å². The number of benzene rings is 1. The monoisotopic (exact) mass is 326 g/mol. The van der Waals surface area contributed by atoms with E-state index in [0.29, 0.717) is 17.8 Å². The Kier molecular flexibility index (Phi) is 4.23. The number of halogens is 1. The van der Waals surface area contributed by atoms with E-state index in [2.05, 4.69) is 9.97 Å². The van der Waals surface area contributed by atoms with Crippen molar-refractivity contribution in [2.75, 3.05) is 0 Å². The molecule has 23 heavy (non-hydrogen) atoms. The molecule has 5 nitrogen and oxygen atoms in total. The smallest absolute Gasteiger partial charge is 0.262 e. The van der Waals surface area contributed by atoms with Crippen molar-refractivity contribution in [3.05, 3.63) is 70.0 Å². The predicted octanol–water partition coefficient (Wildman–Crippen LogP) is 2.62. The van der Waals surface area contributed by atoms with E-state index < -0.39 is 0 Å². The highest BCUT2D eigenvalue weighted by Crippen LogP contribution is 2.28. The van der Waals surface area contributed by atoms with Crippen LogP contribution in [0.25, 0.3) is 22.4 Å². The molecule has 0 bridgehead atoms. The van der Waals surface area contributed by atoms with Gasteiger partial charge in [0.05, 0.1) is 11.3 Å². The highest BCUT2D eigenvalue weighted by atomic mass is 35.5. The summed E-state index contributed by atoms with van der Waals surface area (Å²) in [5.41, 5.74) is 9.04. The molecule has 0 spiro atoms. The minimum absolute atomic E-state index is 0.139. The zero-order valence-corrected chi connectivity index (χ0v) is 13.3. The predicted molar refractivity (Wildman–Crippen MR) is 91.0 cm³/mol. The Morgan fingerprint density at radius 3 is 2.61 bits per heavy atom. The Balaban J connectivity index is 2.34. The van der Waals surface area contributed by atoms with Crippen LogP contribution >= 0.6 is 11.6 Å². The van der Waals surface area contributed by atoms with Gasteiger partial charge in [0.15, 0.2) is 0 Å². The molecule has 0 aliphatic heterocycles. The van der Waals surface area contributed by atoms with Gasteiger partial charge in [0.25, 0.3) is 5.56 Å². The van der Waals surface area contributed by atoms with Crippen LogP contribution in [0.3, 0.4) is 0 Å². The first-order valence-corrected chi connectivity index (χ1v) is 7.46. The highest BCUT2D eigenvalue weighted by Gasteiger charge is 2.17. The van der Waals surface area contributed by atoms with Gasteiger partial charge >= 0.3 is 0 Å². The largest absolute Gasteiger partial charge is 0.326 e. The summed E-state index contributed by atoms with van der Waals surface area (Å²) in [6, 6.07) is 11.2. The van der Waals surface area contributed by atoms with Gasteiger partial charge in [0, 0.05) is 31.5 Å². The number of rotatable bonds is 3. The minimum atomic E-state index is -0.203. The van der Waals surface area contributed by atoms with Crippen molar-refractivity contribution in [3.63, 3.8) is 0 Å². The van der Waals surface area contributed by atoms with Crippen molar-refractivity contribution in [3.8, 4) is 22.4 Å². The Morgan fingerprint density at radius 2 is 1.91 bits per heavy atom. The summed E-state index contributed by atoms with van der Waals surface area (Å²) in [5.74, 6) is 0. The summed E-state index contributed by atoms with van der Waals surface area (Å²) in [4.78, 5) is 21.2. The molecule has 0 radical (unpaired) electrons. The Labute approximate surface area is 138 Å². The van der Waals surface area contributed by atoms with Crippen LogP contribution in [0.5, 0.6) is 0 Å². The van der Waals surface area contributed by atoms with Crippen LogP contribution in [0.4, 0.5) is 0 Å². The quantitative estimate of drug-likeness (QED) is 0.751. The van der Waals surface area contributed by atoms with Gasteiger partial charge in [-0.1, -0.05) is 18.2 Å². The van der Waals surface area contributed by atoms with E-state index in [4.69, 9.17) is 17.3 Å². The van der Waals surface area contributed by atoms with Gasteiger partial charge in [-0.15, -0.1) is 0 Å². The Hall–Kier alpha value is -2.50. The molecule has 0 aliphatic carbocycles. The second-order valence-electron chi connectivity index (χ2n) is 5.11. The minimum Gasteiger partial charge on any atom is -0.326 e. The number of nitrogens with zero attached hydrogens (tertiary/aromatic N) is 3. The first-order valence-electron chi connectivity index (χ1n) is 7.08. The van der Waals surface area contributed by atoms with Crippen LogP contribution in [0.2, 0.25) is 5.28 Å². The average Bonchev–Trinajstić information content (AvgIpc) is 2.60. The standard InChI is InChI=1S/C17H15ClN4O/c1-22-16(23)14(13-4-2-3-11(9-13)10-19)15(21-17(22)18)12-5-7-20-8-6-12/h2-9H,10,19H2,1H3. The van der Waals surface area contributed by atoms with Crippen molar-refractivity contribution in [1.82, 2.24) is 14.5 Å². The van der Waals surface area contributed by atoms with E-state index in [1.54, 1.807) is 31.6 Å². The van der Waals surface area contributed by atoms with Crippen LogP contribution in [0, 0.1) is 0 Å².